The van der Waals surface area contributed by atoms with Gasteiger partial charge in [-0.2, -0.15) is 0 Å². The summed E-state index contributed by atoms with van der Waals surface area (Å²) in [7, 11) is 0. The van der Waals surface area contributed by atoms with Crippen LogP contribution in [0.2, 0.25) is 5.02 Å². The molecule has 7 heteroatoms. The number of carbonyl (C=O) groups excluding carboxylic acids is 2. The Balaban J connectivity index is 1.65. The first-order valence-electron chi connectivity index (χ1n) is 9.31. The van der Waals surface area contributed by atoms with Crippen LogP contribution < -0.4 is 9.64 Å². The molecule has 3 fully saturated rings. The molecule has 4 rings (SSSR count). The van der Waals surface area contributed by atoms with Crippen LogP contribution in [0.4, 0.5) is 10.1 Å². The highest BCUT2D eigenvalue weighted by atomic mass is 35.5. The number of hydrogen-bond acceptors (Lipinski definition) is 4. The van der Waals surface area contributed by atoms with E-state index in [4.69, 9.17) is 16.3 Å². The van der Waals surface area contributed by atoms with Crippen LogP contribution in [0, 0.1) is 5.82 Å². The lowest BCUT2D eigenvalue weighted by Crippen LogP contribution is -2.61. The van der Waals surface area contributed by atoms with Crippen LogP contribution in [-0.2, 0) is 9.59 Å². The van der Waals surface area contributed by atoms with Gasteiger partial charge >= 0.3 is 0 Å². The van der Waals surface area contributed by atoms with Gasteiger partial charge in [0.25, 0.3) is 5.91 Å². The first-order valence-corrected chi connectivity index (χ1v) is 9.69. The summed E-state index contributed by atoms with van der Waals surface area (Å²) < 4.78 is 20.5. The summed E-state index contributed by atoms with van der Waals surface area (Å²) >= 11 is 6.14. The number of imide groups is 1. The van der Waals surface area contributed by atoms with E-state index in [1.807, 2.05) is 4.90 Å². The number of halogens is 2. The summed E-state index contributed by atoms with van der Waals surface area (Å²) in [5.74, 6) is -1.10. The molecule has 2 saturated heterocycles. The van der Waals surface area contributed by atoms with Gasteiger partial charge in [-0.05, 0) is 51.1 Å². The molecule has 26 heavy (non-hydrogen) atoms. The highest BCUT2D eigenvalue weighted by molar-refractivity contribution is 6.32. The summed E-state index contributed by atoms with van der Waals surface area (Å²) in [6, 6.07) is 2.19. The molecule has 1 atom stereocenters. The average Bonchev–Trinajstić information content (AvgIpc) is 3.12. The third kappa shape index (κ3) is 3.21. The Morgan fingerprint density at radius 2 is 1.81 bits per heavy atom. The molecule has 2 amide bonds. The van der Waals surface area contributed by atoms with Gasteiger partial charge in [-0.25, -0.2) is 9.29 Å². The molecule has 1 aromatic carbocycles. The van der Waals surface area contributed by atoms with Gasteiger partial charge < -0.3 is 4.74 Å². The third-order valence-corrected chi connectivity index (χ3v) is 5.84. The molecular formula is C19H22ClFN2O3. The SMILES string of the molecule is O=C1CN2CCCCC2C(=O)N1c1cc(OC2CCCC2)c(Cl)cc1F. The van der Waals surface area contributed by atoms with Crippen molar-refractivity contribution in [2.75, 3.05) is 18.0 Å². The topological polar surface area (TPSA) is 49.9 Å². The molecule has 1 saturated carbocycles. The molecule has 0 bridgehead atoms. The van der Waals surface area contributed by atoms with E-state index in [2.05, 4.69) is 0 Å². The molecule has 0 radical (unpaired) electrons. The fourth-order valence-corrected chi connectivity index (χ4v) is 4.39. The molecule has 5 nitrogen and oxygen atoms in total. The molecule has 1 unspecified atom stereocenters. The predicted molar refractivity (Wildman–Crippen MR) is 96.0 cm³/mol. The van der Waals surface area contributed by atoms with Crippen LogP contribution in [0.25, 0.3) is 0 Å². The Morgan fingerprint density at radius 1 is 1.08 bits per heavy atom. The second kappa shape index (κ2) is 7.16. The quantitative estimate of drug-likeness (QED) is 0.753. The molecule has 2 heterocycles. The second-order valence-electron chi connectivity index (χ2n) is 7.31. The smallest absolute Gasteiger partial charge is 0.251 e. The number of benzene rings is 1. The van der Waals surface area contributed by atoms with Crippen LogP contribution in [0.3, 0.4) is 0 Å². The molecule has 3 aliphatic rings. The van der Waals surface area contributed by atoms with Crippen molar-refractivity contribution >= 4 is 29.1 Å². The summed E-state index contributed by atoms with van der Waals surface area (Å²) in [6.07, 6.45) is 6.72. The maximum Gasteiger partial charge on any atom is 0.251 e. The number of hydrogen-bond donors (Lipinski definition) is 0. The van der Waals surface area contributed by atoms with Crippen LogP contribution in [0.15, 0.2) is 12.1 Å². The van der Waals surface area contributed by atoms with Gasteiger partial charge in [-0.1, -0.05) is 18.0 Å². The van der Waals surface area contributed by atoms with Crippen LogP contribution in [0.5, 0.6) is 5.75 Å². The van der Waals surface area contributed by atoms with Crippen molar-refractivity contribution < 1.29 is 18.7 Å². The van der Waals surface area contributed by atoms with E-state index in [1.54, 1.807) is 0 Å². The number of piperidine rings is 1. The number of anilines is 1. The lowest BCUT2D eigenvalue weighted by Gasteiger charge is -2.41. The zero-order valence-corrected chi connectivity index (χ0v) is 15.3. The van der Waals surface area contributed by atoms with Crippen molar-refractivity contribution in [1.29, 1.82) is 0 Å². The highest BCUT2D eigenvalue weighted by Gasteiger charge is 2.42. The normalized spacial score (nSPS) is 24.8. The number of nitrogens with zero attached hydrogens (tertiary/aromatic N) is 2. The number of fused-ring (bicyclic) bond motifs is 1. The molecule has 0 spiro atoms. The Morgan fingerprint density at radius 3 is 2.58 bits per heavy atom. The maximum absolute atomic E-state index is 14.6. The number of rotatable bonds is 3. The first kappa shape index (κ1) is 17.7. The van der Waals surface area contributed by atoms with Gasteiger partial charge in [0.15, 0.2) is 0 Å². The Bertz CT molecular complexity index is 736. The number of ether oxygens (including phenoxy) is 1. The lowest BCUT2D eigenvalue weighted by atomic mass is 9.98. The molecule has 0 N–H and O–H groups in total. The van der Waals surface area contributed by atoms with Gasteiger partial charge in [0, 0.05) is 6.07 Å². The molecule has 1 aliphatic carbocycles. The third-order valence-electron chi connectivity index (χ3n) is 5.54. The summed E-state index contributed by atoms with van der Waals surface area (Å²) in [5, 5.41) is 0.161. The number of amides is 2. The first-order chi connectivity index (χ1) is 12.5. The molecule has 1 aromatic rings. The zero-order chi connectivity index (χ0) is 18.3. The van der Waals surface area contributed by atoms with Crippen molar-refractivity contribution in [3.8, 4) is 5.75 Å². The fourth-order valence-electron chi connectivity index (χ4n) is 4.20. The van der Waals surface area contributed by atoms with E-state index >= 15 is 0 Å². The van der Waals surface area contributed by atoms with Crippen molar-refractivity contribution in [2.24, 2.45) is 0 Å². The van der Waals surface area contributed by atoms with Crippen LogP contribution in [0.1, 0.15) is 44.9 Å². The van der Waals surface area contributed by atoms with Gasteiger partial charge in [0.1, 0.15) is 11.6 Å². The molecular weight excluding hydrogens is 359 g/mol. The van der Waals surface area contributed by atoms with E-state index in [0.29, 0.717) is 12.2 Å². The van der Waals surface area contributed by atoms with Gasteiger partial charge in [-0.15, -0.1) is 0 Å². The zero-order valence-electron chi connectivity index (χ0n) is 14.5. The minimum absolute atomic E-state index is 0.0485. The average molecular weight is 381 g/mol. The predicted octanol–water partition coefficient (Wildman–Crippen LogP) is 3.53. The largest absolute Gasteiger partial charge is 0.489 e. The van der Waals surface area contributed by atoms with Crippen molar-refractivity contribution in [1.82, 2.24) is 4.90 Å². The van der Waals surface area contributed by atoms with Gasteiger partial charge in [0.05, 0.1) is 29.4 Å². The van der Waals surface area contributed by atoms with E-state index in [1.165, 1.54) is 6.07 Å². The van der Waals surface area contributed by atoms with Crippen molar-refractivity contribution in [3.05, 3.63) is 23.0 Å². The maximum atomic E-state index is 14.6. The number of carbonyl (C=O) groups is 2. The van der Waals surface area contributed by atoms with Crippen molar-refractivity contribution in [2.45, 2.75) is 57.1 Å². The second-order valence-corrected chi connectivity index (χ2v) is 7.72. The highest BCUT2D eigenvalue weighted by Crippen LogP contribution is 2.37. The molecule has 140 valence electrons. The molecule has 0 aromatic heterocycles. The minimum Gasteiger partial charge on any atom is -0.489 e. The van der Waals surface area contributed by atoms with E-state index in [9.17, 15) is 14.0 Å². The Kier molecular flexibility index (Phi) is 4.88. The van der Waals surface area contributed by atoms with Gasteiger partial charge in [0.2, 0.25) is 5.91 Å². The fraction of sp³-hybridized carbons (Fsp3) is 0.579. The monoisotopic (exact) mass is 380 g/mol. The van der Waals surface area contributed by atoms with E-state index in [-0.39, 0.29) is 35.3 Å². The van der Waals surface area contributed by atoms with Crippen LogP contribution in [-0.4, -0.2) is 41.9 Å². The lowest BCUT2D eigenvalue weighted by molar-refractivity contribution is -0.137. The van der Waals surface area contributed by atoms with E-state index in [0.717, 1.165) is 56.0 Å². The Hall–Kier alpha value is -1.66. The standard InChI is InChI=1S/C19H22ClFN2O3/c20-13-9-14(21)16(10-17(13)26-12-5-1-2-6-12)23-18(24)11-22-8-4-3-7-15(22)19(23)25/h9-10,12,15H,1-8,11H2. The van der Waals surface area contributed by atoms with Gasteiger partial charge in [-0.3, -0.25) is 14.5 Å². The van der Waals surface area contributed by atoms with Crippen LogP contribution >= 0.6 is 11.6 Å². The summed E-state index contributed by atoms with van der Waals surface area (Å²) in [5.41, 5.74) is -0.0531. The molecule has 2 aliphatic heterocycles. The summed E-state index contributed by atoms with van der Waals surface area (Å²) in [4.78, 5) is 28.3. The van der Waals surface area contributed by atoms with Crippen molar-refractivity contribution in [3.63, 3.8) is 0 Å². The van der Waals surface area contributed by atoms with E-state index < -0.39 is 11.7 Å². The summed E-state index contributed by atoms with van der Waals surface area (Å²) in [6.45, 7) is 0.867. The minimum atomic E-state index is -0.681. The number of piperazine rings is 1. The Labute approximate surface area is 157 Å².